The summed E-state index contributed by atoms with van der Waals surface area (Å²) in [6, 6.07) is 14.0. The largest absolute Gasteiger partial charge is 0.484 e. The van der Waals surface area contributed by atoms with Crippen LogP contribution in [0.15, 0.2) is 42.5 Å². The van der Waals surface area contributed by atoms with E-state index in [0.717, 1.165) is 50.3 Å². The van der Waals surface area contributed by atoms with Crippen molar-refractivity contribution in [3.8, 4) is 5.75 Å². The smallest absolute Gasteiger partial charge is 0.257 e. The van der Waals surface area contributed by atoms with E-state index in [1.165, 1.54) is 5.39 Å². The van der Waals surface area contributed by atoms with Crippen LogP contribution in [0.3, 0.4) is 0 Å². The third-order valence-electron chi connectivity index (χ3n) is 4.66. The van der Waals surface area contributed by atoms with Gasteiger partial charge in [0.05, 0.1) is 0 Å². The SMILES string of the molecule is CN1CCN(CCCNC(=O)COc2ccc3ccccc3c2)CC1. The maximum absolute atomic E-state index is 11.9. The van der Waals surface area contributed by atoms with E-state index in [-0.39, 0.29) is 12.5 Å². The second kappa shape index (κ2) is 8.83. The Morgan fingerprint density at radius 2 is 1.84 bits per heavy atom. The average Bonchev–Trinajstić information content (AvgIpc) is 2.65. The molecule has 5 nitrogen and oxygen atoms in total. The minimum absolute atomic E-state index is 0.0624. The molecule has 1 aliphatic heterocycles. The zero-order valence-corrected chi connectivity index (χ0v) is 14.9. The molecule has 0 atom stereocenters. The van der Waals surface area contributed by atoms with Crippen molar-refractivity contribution in [1.82, 2.24) is 15.1 Å². The fraction of sp³-hybridized carbons (Fsp3) is 0.450. The lowest BCUT2D eigenvalue weighted by Gasteiger charge is -2.32. The molecule has 2 aromatic carbocycles. The van der Waals surface area contributed by atoms with E-state index >= 15 is 0 Å². The van der Waals surface area contributed by atoms with Crippen molar-refractivity contribution in [2.75, 3.05) is 52.9 Å². The summed E-state index contributed by atoms with van der Waals surface area (Å²) in [5.41, 5.74) is 0. The van der Waals surface area contributed by atoms with Crippen LogP contribution in [0.2, 0.25) is 0 Å². The molecule has 1 fully saturated rings. The fourth-order valence-corrected chi connectivity index (χ4v) is 3.06. The Bertz CT molecular complexity index is 696. The summed E-state index contributed by atoms with van der Waals surface area (Å²) >= 11 is 0. The van der Waals surface area contributed by atoms with Gasteiger partial charge in [-0.3, -0.25) is 4.79 Å². The van der Waals surface area contributed by atoms with E-state index in [1.807, 2.05) is 36.4 Å². The van der Waals surface area contributed by atoms with Crippen molar-refractivity contribution in [1.29, 1.82) is 0 Å². The number of ether oxygens (including phenoxy) is 1. The van der Waals surface area contributed by atoms with E-state index in [2.05, 4.69) is 28.2 Å². The van der Waals surface area contributed by atoms with Gasteiger partial charge in [-0.25, -0.2) is 0 Å². The number of nitrogens with zero attached hydrogens (tertiary/aromatic N) is 2. The van der Waals surface area contributed by atoms with Gasteiger partial charge in [0.25, 0.3) is 5.91 Å². The quantitative estimate of drug-likeness (QED) is 0.782. The molecule has 0 spiro atoms. The van der Waals surface area contributed by atoms with Crippen LogP contribution in [0.1, 0.15) is 6.42 Å². The van der Waals surface area contributed by atoms with Crippen molar-refractivity contribution in [2.45, 2.75) is 6.42 Å². The van der Waals surface area contributed by atoms with Gasteiger partial charge in [0.2, 0.25) is 0 Å². The van der Waals surface area contributed by atoms with E-state index in [9.17, 15) is 4.79 Å². The van der Waals surface area contributed by atoms with Crippen LogP contribution >= 0.6 is 0 Å². The number of carbonyl (C=O) groups is 1. The highest BCUT2D eigenvalue weighted by Gasteiger charge is 2.12. The molecule has 134 valence electrons. The van der Waals surface area contributed by atoms with Crippen molar-refractivity contribution in [3.63, 3.8) is 0 Å². The molecule has 0 radical (unpaired) electrons. The first-order valence-electron chi connectivity index (χ1n) is 9.00. The third-order valence-corrected chi connectivity index (χ3v) is 4.66. The van der Waals surface area contributed by atoms with Gasteiger partial charge in [0.1, 0.15) is 5.75 Å². The number of fused-ring (bicyclic) bond motifs is 1. The Kier molecular flexibility index (Phi) is 6.25. The van der Waals surface area contributed by atoms with Crippen LogP contribution in [0.25, 0.3) is 10.8 Å². The molecule has 1 N–H and O–H groups in total. The summed E-state index contributed by atoms with van der Waals surface area (Å²) in [5, 5.41) is 5.23. The van der Waals surface area contributed by atoms with Gasteiger partial charge in [-0.15, -0.1) is 0 Å². The van der Waals surface area contributed by atoms with Crippen molar-refractivity contribution in [2.24, 2.45) is 0 Å². The second-order valence-electron chi connectivity index (χ2n) is 6.65. The van der Waals surface area contributed by atoms with E-state index < -0.39 is 0 Å². The lowest BCUT2D eigenvalue weighted by Crippen LogP contribution is -2.45. The maximum atomic E-state index is 11.9. The molecule has 3 rings (SSSR count). The number of hydrogen-bond donors (Lipinski definition) is 1. The standard InChI is InChI=1S/C20H27N3O2/c1-22-11-13-23(14-12-22)10-4-9-21-20(24)16-25-19-8-7-17-5-2-3-6-18(17)15-19/h2-3,5-8,15H,4,9-14,16H2,1H3,(H,21,24). The Hall–Kier alpha value is -2.11. The number of piperazine rings is 1. The molecule has 1 aliphatic rings. The van der Waals surface area contributed by atoms with Crippen LogP contribution in [-0.2, 0) is 4.79 Å². The Morgan fingerprint density at radius 3 is 2.64 bits per heavy atom. The number of rotatable bonds is 7. The molecule has 1 heterocycles. The maximum Gasteiger partial charge on any atom is 0.257 e. The molecule has 2 aromatic rings. The van der Waals surface area contributed by atoms with Gasteiger partial charge in [0, 0.05) is 32.7 Å². The summed E-state index contributed by atoms with van der Waals surface area (Å²) in [5.74, 6) is 0.665. The molecule has 0 aliphatic carbocycles. The fourth-order valence-electron chi connectivity index (χ4n) is 3.06. The molecule has 0 aromatic heterocycles. The first kappa shape index (κ1) is 17.7. The summed E-state index contributed by atoms with van der Waals surface area (Å²) in [6.07, 6.45) is 0.978. The molecule has 5 heteroatoms. The number of hydrogen-bond acceptors (Lipinski definition) is 4. The molecule has 0 bridgehead atoms. The lowest BCUT2D eigenvalue weighted by atomic mass is 10.1. The predicted molar refractivity (Wildman–Crippen MR) is 101 cm³/mol. The highest BCUT2D eigenvalue weighted by Crippen LogP contribution is 2.20. The molecular formula is C20H27N3O2. The van der Waals surface area contributed by atoms with Crippen LogP contribution < -0.4 is 10.1 Å². The normalized spacial score (nSPS) is 16.0. The molecule has 0 saturated carbocycles. The molecule has 1 saturated heterocycles. The van der Waals surface area contributed by atoms with Gasteiger partial charge in [-0.2, -0.15) is 0 Å². The van der Waals surface area contributed by atoms with Gasteiger partial charge in [-0.05, 0) is 42.9 Å². The number of benzene rings is 2. The molecule has 25 heavy (non-hydrogen) atoms. The Labute approximate surface area is 149 Å². The number of likely N-dealkylation sites (N-methyl/N-ethyl adjacent to an activating group) is 1. The minimum Gasteiger partial charge on any atom is -0.484 e. The van der Waals surface area contributed by atoms with Crippen molar-refractivity contribution < 1.29 is 9.53 Å². The van der Waals surface area contributed by atoms with E-state index in [0.29, 0.717) is 6.54 Å². The third kappa shape index (κ3) is 5.44. The number of amides is 1. The first-order valence-corrected chi connectivity index (χ1v) is 9.00. The van der Waals surface area contributed by atoms with Gasteiger partial charge < -0.3 is 19.9 Å². The number of nitrogens with one attached hydrogen (secondary N) is 1. The zero-order chi connectivity index (χ0) is 17.5. The molecule has 0 unspecified atom stereocenters. The average molecular weight is 341 g/mol. The Balaban J connectivity index is 1.33. The first-order chi connectivity index (χ1) is 12.2. The van der Waals surface area contributed by atoms with E-state index in [4.69, 9.17) is 4.74 Å². The highest BCUT2D eigenvalue weighted by molar-refractivity contribution is 5.84. The summed E-state index contributed by atoms with van der Waals surface area (Å²) < 4.78 is 5.61. The van der Waals surface area contributed by atoms with Crippen LogP contribution in [-0.4, -0.2) is 68.6 Å². The lowest BCUT2D eigenvalue weighted by molar-refractivity contribution is -0.123. The van der Waals surface area contributed by atoms with Gasteiger partial charge >= 0.3 is 0 Å². The minimum atomic E-state index is -0.0634. The second-order valence-corrected chi connectivity index (χ2v) is 6.65. The zero-order valence-electron chi connectivity index (χ0n) is 14.9. The molecular weight excluding hydrogens is 314 g/mol. The van der Waals surface area contributed by atoms with E-state index in [1.54, 1.807) is 0 Å². The predicted octanol–water partition coefficient (Wildman–Crippen LogP) is 1.97. The Morgan fingerprint density at radius 1 is 1.08 bits per heavy atom. The summed E-state index contributed by atoms with van der Waals surface area (Å²) in [7, 11) is 2.16. The topological polar surface area (TPSA) is 44.8 Å². The summed E-state index contributed by atoms with van der Waals surface area (Å²) in [6.45, 7) is 6.31. The molecule has 1 amide bonds. The van der Waals surface area contributed by atoms with Gasteiger partial charge in [-0.1, -0.05) is 30.3 Å². The van der Waals surface area contributed by atoms with Crippen LogP contribution in [0.5, 0.6) is 5.75 Å². The van der Waals surface area contributed by atoms with Crippen LogP contribution in [0, 0.1) is 0 Å². The van der Waals surface area contributed by atoms with Crippen molar-refractivity contribution >= 4 is 16.7 Å². The van der Waals surface area contributed by atoms with Crippen molar-refractivity contribution in [3.05, 3.63) is 42.5 Å². The number of carbonyl (C=O) groups excluding carboxylic acids is 1. The van der Waals surface area contributed by atoms with Gasteiger partial charge in [0.15, 0.2) is 6.61 Å². The summed E-state index contributed by atoms with van der Waals surface area (Å²) in [4.78, 5) is 16.7. The highest BCUT2D eigenvalue weighted by atomic mass is 16.5. The monoisotopic (exact) mass is 341 g/mol. The van der Waals surface area contributed by atoms with Crippen LogP contribution in [0.4, 0.5) is 0 Å².